The summed E-state index contributed by atoms with van der Waals surface area (Å²) >= 11 is 5.68. The minimum absolute atomic E-state index is 0.0114. The van der Waals surface area contributed by atoms with Crippen LogP contribution in [0.25, 0.3) is 10.9 Å². The molecule has 0 atom stereocenters. The zero-order valence-corrected chi connectivity index (χ0v) is 10.9. The van der Waals surface area contributed by atoms with Crippen molar-refractivity contribution in [1.29, 1.82) is 0 Å². The van der Waals surface area contributed by atoms with Crippen LogP contribution in [-0.2, 0) is 12.3 Å². The third-order valence-electron chi connectivity index (χ3n) is 2.75. The van der Waals surface area contributed by atoms with Crippen LogP contribution in [0.5, 0.6) is 0 Å². The number of fused-ring (bicyclic) bond motifs is 1. The summed E-state index contributed by atoms with van der Waals surface area (Å²) in [5.41, 5.74) is 0.236. The predicted molar refractivity (Wildman–Crippen MR) is 63.8 cm³/mol. The number of hydrogen-bond acceptors (Lipinski definition) is 2. The largest absolute Gasteiger partial charge is 0.365 e. The van der Waals surface area contributed by atoms with Gasteiger partial charge in [-0.15, -0.1) is 0 Å². The average molecular weight is 311 g/mol. The van der Waals surface area contributed by atoms with Gasteiger partial charge in [0.25, 0.3) is 0 Å². The standard InChI is InChI=1S/C12H8ClF5N2/c1-2-5-3-6(14)4-7-8(5)19-11(20-9(7)13)12(17,18)10(15)16/h3-4,10H,2H2,1H3. The van der Waals surface area contributed by atoms with E-state index >= 15 is 0 Å². The van der Waals surface area contributed by atoms with E-state index in [1.54, 1.807) is 6.92 Å². The van der Waals surface area contributed by atoms with Crippen molar-refractivity contribution in [2.45, 2.75) is 25.7 Å². The van der Waals surface area contributed by atoms with Crippen molar-refractivity contribution < 1.29 is 22.0 Å². The highest BCUT2D eigenvalue weighted by molar-refractivity contribution is 6.34. The average Bonchev–Trinajstić information content (AvgIpc) is 2.38. The van der Waals surface area contributed by atoms with Crippen LogP contribution in [0.3, 0.4) is 0 Å². The SMILES string of the molecule is CCc1cc(F)cc2c(Cl)nc(C(F)(F)C(F)F)nc12. The van der Waals surface area contributed by atoms with E-state index in [0.29, 0.717) is 0 Å². The van der Waals surface area contributed by atoms with Gasteiger partial charge in [0.15, 0.2) is 0 Å². The molecule has 1 aromatic carbocycles. The van der Waals surface area contributed by atoms with Gasteiger partial charge in [0.1, 0.15) is 11.0 Å². The third kappa shape index (κ3) is 2.42. The Morgan fingerprint density at radius 2 is 1.90 bits per heavy atom. The summed E-state index contributed by atoms with van der Waals surface area (Å²) in [7, 11) is 0. The topological polar surface area (TPSA) is 25.8 Å². The summed E-state index contributed by atoms with van der Waals surface area (Å²) < 4.78 is 64.6. The lowest BCUT2D eigenvalue weighted by Gasteiger charge is -2.15. The molecule has 0 aliphatic rings. The highest BCUT2D eigenvalue weighted by Crippen LogP contribution is 2.35. The van der Waals surface area contributed by atoms with Crippen LogP contribution in [0.4, 0.5) is 22.0 Å². The summed E-state index contributed by atoms with van der Waals surface area (Å²) in [6, 6.07) is 2.07. The number of alkyl halides is 4. The second kappa shape index (κ2) is 5.12. The Kier molecular flexibility index (Phi) is 3.82. The number of aryl methyl sites for hydroxylation is 1. The van der Waals surface area contributed by atoms with Gasteiger partial charge in [-0.3, -0.25) is 0 Å². The first kappa shape index (κ1) is 14.9. The Morgan fingerprint density at radius 1 is 1.25 bits per heavy atom. The maximum Gasteiger partial charge on any atom is 0.365 e. The zero-order valence-electron chi connectivity index (χ0n) is 10.1. The van der Waals surface area contributed by atoms with Gasteiger partial charge >= 0.3 is 12.3 Å². The van der Waals surface area contributed by atoms with E-state index in [4.69, 9.17) is 11.6 Å². The molecule has 0 N–H and O–H groups in total. The molecule has 0 saturated heterocycles. The number of halogens is 6. The first-order valence-electron chi connectivity index (χ1n) is 5.59. The first-order valence-corrected chi connectivity index (χ1v) is 5.97. The van der Waals surface area contributed by atoms with Gasteiger partial charge in [0.2, 0.25) is 5.82 Å². The summed E-state index contributed by atoms with van der Waals surface area (Å²) in [5, 5.41) is -0.475. The second-order valence-corrected chi connectivity index (χ2v) is 4.43. The van der Waals surface area contributed by atoms with Crippen LogP contribution in [0.2, 0.25) is 5.15 Å². The molecule has 20 heavy (non-hydrogen) atoms. The van der Waals surface area contributed by atoms with E-state index in [1.165, 1.54) is 0 Å². The Morgan fingerprint density at radius 3 is 2.45 bits per heavy atom. The molecule has 0 spiro atoms. The highest BCUT2D eigenvalue weighted by atomic mass is 35.5. The van der Waals surface area contributed by atoms with Gasteiger partial charge in [-0.1, -0.05) is 18.5 Å². The van der Waals surface area contributed by atoms with Crippen LogP contribution >= 0.6 is 11.6 Å². The van der Waals surface area contributed by atoms with Crippen molar-refractivity contribution in [3.05, 3.63) is 34.5 Å². The molecule has 8 heteroatoms. The molecule has 1 heterocycles. The fraction of sp³-hybridized carbons (Fsp3) is 0.333. The molecule has 2 rings (SSSR count). The summed E-state index contributed by atoms with van der Waals surface area (Å²) in [6.07, 6.45) is -3.68. The number of benzene rings is 1. The maximum absolute atomic E-state index is 13.3. The molecule has 0 fully saturated rings. The molecule has 108 valence electrons. The Balaban J connectivity index is 2.77. The van der Waals surface area contributed by atoms with Crippen LogP contribution in [0.1, 0.15) is 18.3 Å². The van der Waals surface area contributed by atoms with Crippen molar-refractivity contribution in [2.75, 3.05) is 0 Å². The minimum atomic E-state index is -4.52. The lowest BCUT2D eigenvalue weighted by Crippen LogP contribution is -2.26. The Bertz CT molecular complexity index is 660. The van der Waals surface area contributed by atoms with Crippen LogP contribution < -0.4 is 0 Å². The van der Waals surface area contributed by atoms with E-state index in [1.807, 2.05) is 0 Å². The van der Waals surface area contributed by atoms with Crippen LogP contribution in [0.15, 0.2) is 12.1 Å². The molecule has 2 aromatic rings. The van der Waals surface area contributed by atoms with Crippen molar-refractivity contribution in [3.63, 3.8) is 0 Å². The lowest BCUT2D eigenvalue weighted by atomic mass is 10.1. The molecule has 0 saturated carbocycles. The maximum atomic E-state index is 13.3. The summed E-state index contributed by atoms with van der Waals surface area (Å²) in [5.74, 6) is -6.52. The van der Waals surface area contributed by atoms with Gasteiger partial charge in [0.05, 0.1) is 5.52 Å². The Labute approximate surface area is 115 Å². The predicted octanol–water partition coefficient (Wildman–Crippen LogP) is 4.34. The number of nitrogens with zero attached hydrogens (tertiary/aromatic N) is 2. The minimum Gasteiger partial charge on any atom is -0.226 e. The summed E-state index contributed by atoms with van der Waals surface area (Å²) in [4.78, 5) is 6.62. The molecule has 0 radical (unpaired) electrons. The molecule has 2 nitrogen and oxygen atoms in total. The normalized spacial score (nSPS) is 12.4. The molecule has 0 unspecified atom stereocenters. The molecular weight excluding hydrogens is 303 g/mol. The van der Waals surface area contributed by atoms with Crippen molar-refractivity contribution in [3.8, 4) is 0 Å². The van der Waals surface area contributed by atoms with Crippen molar-refractivity contribution in [2.24, 2.45) is 0 Å². The van der Waals surface area contributed by atoms with Crippen LogP contribution in [-0.4, -0.2) is 16.4 Å². The Hall–Kier alpha value is -1.50. The van der Waals surface area contributed by atoms with E-state index in [-0.39, 0.29) is 22.9 Å². The number of aromatic nitrogens is 2. The molecular formula is C12H8ClF5N2. The van der Waals surface area contributed by atoms with Crippen LogP contribution in [0, 0.1) is 5.82 Å². The van der Waals surface area contributed by atoms with E-state index in [9.17, 15) is 22.0 Å². The molecule has 1 aromatic heterocycles. The molecule has 0 bridgehead atoms. The van der Waals surface area contributed by atoms with Gasteiger partial charge in [0, 0.05) is 5.39 Å². The fourth-order valence-electron chi connectivity index (χ4n) is 1.75. The second-order valence-electron chi connectivity index (χ2n) is 4.08. The van der Waals surface area contributed by atoms with Crippen molar-refractivity contribution in [1.82, 2.24) is 9.97 Å². The first-order chi connectivity index (χ1) is 9.27. The molecule has 0 aliphatic heterocycles. The van der Waals surface area contributed by atoms with Crippen molar-refractivity contribution >= 4 is 22.5 Å². The monoisotopic (exact) mass is 310 g/mol. The van der Waals surface area contributed by atoms with E-state index in [2.05, 4.69) is 9.97 Å². The van der Waals surface area contributed by atoms with Gasteiger partial charge in [-0.2, -0.15) is 8.78 Å². The van der Waals surface area contributed by atoms with E-state index in [0.717, 1.165) is 12.1 Å². The van der Waals surface area contributed by atoms with Gasteiger partial charge in [-0.25, -0.2) is 23.1 Å². The summed E-state index contributed by atoms with van der Waals surface area (Å²) in [6.45, 7) is 1.65. The lowest BCUT2D eigenvalue weighted by molar-refractivity contribution is -0.140. The zero-order chi connectivity index (χ0) is 15.1. The fourth-order valence-corrected chi connectivity index (χ4v) is 1.97. The van der Waals surface area contributed by atoms with Gasteiger partial charge in [-0.05, 0) is 24.1 Å². The third-order valence-corrected chi connectivity index (χ3v) is 3.04. The number of rotatable bonds is 3. The smallest absolute Gasteiger partial charge is 0.226 e. The number of hydrogen-bond donors (Lipinski definition) is 0. The quantitative estimate of drug-likeness (QED) is 0.622. The van der Waals surface area contributed by atoms with Gasteiger partial charge < -0.3 is 0 Å². The highest BCUT2D eigenvalue weighted by Gasteiger charge is 2.46. The molecule has 0 aliphatic carbocycles. The molecule has 0 amide bonds. The van der Waals surface area contributed by atoms with E-state index < -0.39 is 29.1 Å².